The highest BCUT2D eigenvalue weighted by Crippen LogP contribution is 2.24. The standard InChI is InChI=1S/C15H13NS/c1-17-11-15(8-9-16)14-7-6-12-4-2-3-5-13(12)10-14/h2-7,10-11H,8H2,1H3/b15-11+. The van der Waals surface area contributed by atoms with E-state index in [9.17, 15) is 0 Å². The van der Waals surface area contributed by atoms with Crippen LogP contribution < -0.4 is 0 Å². The maximum Gasteiger partial charge on any atom is 0.0670 e. The van der Waals surface area contributed by atoms with E-state index in [1.165, 1.54) is 10.8 Å². The van der Waals surface area contributed by atoms with E-state index in [0.717, 1.165) is 11.1 Å². The van der Waals surface area contributed by atoms with Crippen LogP contribution in [0.2, 0.25) is 0 Å². The predicted octanol–water partition coefficient (Wildman–Crippen LogP) is 4.46. The van der Waals surface area contributed by atoms with Gasteiger partial charge in [-0.1, -0.05) is 36.4 Å². The largest absolute Gasteiger partial charge is 0.198 e. The minimum absolute atomic E-state index is 0.458. The zero-order chi connectivity index (χ0) is 12.1. The van der Waals surface area contributed by atoms with Crippen molar-refractivity contribution in [1.29, 1.82) is 5.26 Å². The van der Waals surface area contributed by atoms with E-state index in [4.69, 9.17) is 5.26 Å². The predicted molar refractivity (Wildman–Crippen MR) is 75.7 cm³/mol. The Morgan fingerprint density at radius 3 is 2.71 bits per heavy atom. The Morgan fingerprint density at radius 2 is 2.00 bits per heavy atom. The summed E-state index contributed by atoms with van der Waals surface area (Å²) in [6.07, 6.45) is 2.47. The Morgan fingerprint density at radius 1 is 1.24 bits per heavy atom. The molecule has 0 N–H and O–H groups in total. The van der Waals surface area contributed by atoms with Crippen LogP contribution in [0.1, 0.15) is 12.0 Å². The number of nitrogens with zero attached hydrogens (tertiary/aromatic N) is 1. The van der Waals surface area contributed by atoms with Gasteiger partial charge in [-0.2, -0.15) is 5.26 Å². The number of allylic oxidation sites excluding steroid dienone is 1. The van der Waals surface area contributed by atoms with Crippen molar-refractivity contribution in [3.8, 4) is 6.07 Å². The first-order chi connectivity index (χ1) is 8.35. The summed E-state index contributed by atoms with van der Waals surface area (Å²) in [5.74, 6) is 0. The van der Waals surface area contributed by atoms with E-state index in [-0.39, 0.29) is 0 Å². The van der Waals surface area contributed by atoms with Gasteiger partial charge < -0.3 is 0 Å². The molecule has 0 aliphatic rings. The average Bonchev–Trinajstić information content (AvgIpc) is 2.38. The highest BCUT2D eigenvalue weighted by atomic mass is 32.2. The van der Waals surface area contributed by atoms with Gasteiger partial charge in [0, 0.05) is 0 Å². The lowest BCUT2D eigenvalue weighted by Crippen LogP contribution is -1.83. The summed E-state index contributed by atoms with van der Waals surface area (Å²) < 4.78 is 0. The SMILES string of the molecule is CS/C=C(\CC#N)c1ccc2ccccc2c1. The maximum atomic E-state index is 8.84. The van der Waals surface area contributed by atoms with Crippen molar-refractivity contribution in [2.24, 2.45) is 0 Å². The third-order valence-corrected chi connectivity index (χ3v) is 3.17. The summed E-state index contributed by atoms with van der Waals surface area (Å²) in [4.78, 5) is 0. The molecule has 0 bridgehead atoms. The van der Waals surface area contributed by atoms with Crippen LogP contribution in [-0.2, 0) is 0 Å². The molecule has 17 heavy (non-hydrogen) atoms. The van der Waals surface area contributed by atoms with Crippen LogP contribution in [0.15, 0.2) is 47.9 Å². The molecule has 1 nitrogen and oxygen atoms in total. The molecule has 0 aromatic heterocycles. The fraction of sp³-hybridized carbons (Fsp3) is 0.133. The van der Waals surface area contributed by atoms with Gasteiger partial charge in [-0.15, -0.1) is 11.8 Å². The Balaban J connectivity index is 2.48. The molecule has 0 fully saturated rings. The molecule has 0 radical (unpaired) electrons. The lowest BCUT2D eigenvalue weighted by atomic mass is 10.0. The van der Waals surface area contributed by atoms with E-state index < -0.39 is 0 Å². The summed E-state index contributed by atoms with van der Waals surface area (Å²) >= 11 is 1.64. The third-order valence-electron chi connectivity index (χ3n) is 2.65. The normalized spacial score (nSPS) is 11.4. The molecule has 0 saturated heterocycles. The molecule has 2 aromatic carbocycles. The molecule has 0 aliphatic heterocycles. The number of benzene rings is 2. The van der Waals surface area contributed by atoms with Gasteiger partial charge in [0.15, 0.2) is 0 Å². The highest BCUT2D eigenvalue weighted by molar-refractivity contribution is 8.01. The molecule has 0 amide bonds. The zero-order valence-electron chi connectivity index (χ0n) is 9.68. The molecule has 2 aromatic rings. The van der Waals surface area contributed by atoms with Crippen molar-refractivity contribution in [3.63, 3.8) is 0 Å². The van der Waals surface area contributed by atoms with Gasteiger partial charge in [0.25, 0.3) is 0 Å². The van der Waals surface area contributed by atoms with Crippen molar-refractivity contribution >= 4 is 28.1 Å². The van der Waals surface area contributed by atoms with Gasteiger partial charge in [-0.05, 0) is 39.6 Å². The minimum Gasteiger partial charge on any atom is -0.198 e. The van der Waals surface area contributed by atoms with Crippen molar-refractivity contribution in [1.82, 2.24) is 0 Å². The van der Waals surface area contributed by atoms with Crippen molar-refractivity contribution < 1.29 is 0 Å². The van der Waals surface area contributed by atoms with Crippen molar-refractivity contribution in [2.45, 2.75) is 6.42 Å². The van der Waals surface area contributed by atoms with E-state index in [0.29, 0.717) is 6.42 Å². The van der Waals surface area contributed by atoms with Crippen LogP contribution in [0, 0.1) is 11.3 Å². The van der Waals surface area contributed by atoms with Crippen LogP contribution in [0.25, 0.3) is 16.3 Å². The van der Waals surface area contributed by atoms with Crippen LogP contribution in [0.4, 0.5) is 0 Å². The molecule has 0 heterocycles. The van der Waals surface area contributed by atoms with E-state index in [2.05, 4.69) is 36.4 Å². The maximum absolute atomic E-state index is 8.84. The fourth-order valence-corrected chi connectivity index (χ4v) is 2.33. The minimum atomic E-state index is 0.458. The van der Waals surface area contributed by atoms with Gasteiger partial charge in [0.2, 0.25) is 0 Å². The summed E-state index contributed by atoms with van der Waals surface area (Å²) in [5.41, 5.74) is 2.23. The van der Waals surface area contributed by atoms with Crippen LogP contribution in [0.3, 0.4) is 0 Å². The van der Waals surface area contributed by atoms with E-state index >= 15 is 0 Å². The summed E-state index contributed by atoms with van der Waals surface area (Å²) in [5, 5.41) is 13.3. The smallest absolute Gasteiger partial charge is 0.0670 e. The molecule has 0 saturated carbocycles. The number of hydrogen-bond donors (Lipinski definition) is 0. The average molecular weight is 239 g/mol. The first-order valence-electron chi connectivity index (χ1n) is 5.43. The summed E-state index contributed by atoms with van der Waals surface area (Å²) in [7, 11) is 0. The van der Waals surface area contributed by atoms with Crippen LogP contribution in [-0.4, -0.2) is 6.26 Å². The fourth-order valence-electron chi connectivity index (χ4n) is 1.83. The molecule has 0 aliphatic carbocycles. The second-order valence-corrected chi connectivity index (χ2v) is 4.48. The zero-order valence-corrected chi connectivity index (χ0v) is 10.5. The first kappa shape index (κ1) is 11.8. The third kappa shape index (κ3) is 2.69. The van der Waals surface area contributed by atoms with Crippen molar-refractivity contribution in [2.75, 3.05) is 6.26 Å². The molecule has 2 rings (SSSR count). The molecule has 84 valence electrons. The Labute approximate surface area is 106 Å². The van der Waals surface area contributed by atoms with Crippen LogP contribution >= 0.6 is 11.8 Å². The number of hydrogen-bond acceptors (Lipinski definition) is 2. The number of thioether (sulfide) groups is 1. The van der Waals surface area contributed by atoms with Crippen LogP contribution in [0.5, 0.6) is 0 Å². The van der Waals surface area contributed by atoms with Gasteiger partial charge in [0.1, 0.15) is 0 Å². The number of nitriles is 1. The Bertz CT molecular complexity index is 593. The molecule has 0 atom stereocenters. The summed E-state index contributed by atoms with van der Waals surface area (Å²) in [6, 6.07) is 16.8. The highest BCUT2D eigenvalue weighted by Gasteiger charge is 2.02. The molecule has 2 heteroatoms. The van der Waals surface area contributed by atoms with Gasteiger partial charge in [-0.25, -0.2) is 0 Å². The van der Waals surface area contributed by atoms with Crippen molar-refractivity contribution in [3.05, 3.63) is 53.4 Å². The second kappa shape index (κ2) is 5.56. The van der Waals surface area contributed by atoms with Gasteiger partial charge in [0.05, 0.1) is 12.5 Å². The summed E-state index contributed by atoms with van der Waals surface area (Å²) in [6.45, 7) is 0. The molecule has 0 unspecified atom stereocenters. The first-order valence-corrected chi connectivity index (χ1v) is 6.72. The molecule has 0 spiro atoms. The lowest BCUT2D eigenvalue weighted by Gasteiger charge is -2.05. The lowest BCUT2D eigenvalue weighted by molar-refractivity contribution is 1.36. The molecular weight excluding hydrogens is 226 g/mol. The monoisotopic (exact) mass is 239 g/mol. The quantitative estimate of drug-likeness (QED) is 0.789. The second-order valence-electron chi connectivity index (χ2n) is 3.78. The number of rotatable bonds is 3. The van der Waals surface area contributed by atoms with Gasteiger partial charge >= 0.3 is 0 Å². The van der Waals surface area contributed by atoms with E-state index in [1.54, 1.807) is 11.8 Å². The Hall–Kier alpha value is -1.72. The molecular formula is C15H13NS. The van der Waals surface area contributed by atoms with E-state index in [1.807, 2.05) is 23.8 Å². The van der Waals surface area contributed by atoms with Gasteiger partial charge in [-0.3, -0.25) is 0 Å². The topological polar surface area (TPSA) is 23.8 Å². The Kier molecular flexibility index (Phi) is 3.85. The number of fused-ring (bicyclic) bond motifs is 1.